The summed E-state index contributed by atoms with van der Waals surface area (Å²) in [5.74, 6) is 0.719. The molecule has 1 saturated heterocycles. The number of fused-ring (bicyclic) bond motifs is 1. The number of rotatable bonds is 3. The van der Waals surface area contributed by atoms with Crippen molar-refractivity contribution in [1.82, 2.24) is 4.90 Å². The van der Waals surface area contributed by atoms with E-state index >= 15 is 0 Å². The molecule has 2 fully saturated rings. The Balaban J connectivity index is 1.74. The summed E-state index contributed by atoms with van der Waals surface area (Å²) in [5, 5.41) is 0. The van der Waals surface area contributed by atoms with Crippen LogP contribution in [0.1, 0.15) is 43.2 Å². The van der Waals surface area contributed by atoms with Crippen LogP contribution in [-0.2, 0) is 13.1 Å². The lowest BCUT2D eigenvalue weighted by Crippen LogP contribution is -2.34. The molecular weight excluding hydrogens is 239 g/mol. The molecule has 0 amide bonds. The number of nitrogens with two attached hydrogens (primary N) is 1. The molecule has 19 heavy (non-hydrogen) atoms. The Morgan fingerprint density at radius 3 is 2.84 bits per heavy atom. The molecule has 2 aliphatic rings. The van der Waals surface area contributed by atoms with Crippen LogP contribution >= 0.6 is 0 Å². The zero-order chi connectivity index (χ0) is 13.2. The maximum Gasteiger partial charge on any atom is 0.123 e. The van der Waals surface area contributed by atoms with Gasteiger partial charge in [0.15, 0.2) is 0 Å². The summed E-state index contributed by atoms with van der Waals surface area (Å²) in [7, 11) is 0. The minimum atomic E-state index is -0.179. The third-order valence-corrected chi connectivity index (χ3v) is 4.89. The van der Waals surface area contributed by atoms with Crippen LogP contribution in [0.5, 0.6) is 0 Å². The van der Waals surface area contributed by atoms with Gasteiger partial charge in [-0.2, -0.15) is 0 Å². The van der Waals surface area contributed by atoms with Crippen LogP contribution in [-0.4, -0.2) is 17.5 Å². The summed E-state index contributed by atoms with van der Waals surface area (Å²) >= 11 is 0. The minimum absolute atomic E-state index is 0.179. The van der Waals surface area contributed by atoms with Crippen molar-refractivity contribution in [3.63, 3.8) is 0 Å². The van der Waals surface area contributed by atoms with E-state index in [1.165, 1.54) is 44.2 Å². The Bertz CT molecular complexity index is 446. The van der Waals surface area contributed by atoms with Gasteiger partial charge in [-0.05, 0) is 55.0 Å². The third kappa shape index (κ3) is 2.67. The molecule has 0 spiro atoms. The molecule has 1 heterocycles. The van der Waals surface area contributed by atoms with Gasteiger partial charge in [0, 0.05) is 19.1 Å². The number of hydrogen-bond acceptors (Lipinski definition) is 2. The van der Waals surface area contributed by atoms with Gasteiger partial charge < -0.3 is 5.73 Å². The van der Waals surface area contributed by atoms with Crippen LogP contribution in [0.15, 0.2) is 18.2 Å². The van der Waals surface area contributed by atoms with Crippen molar-refractivity contribution in [2.45, 2.75) is 51.2 Å². The molecule has 0 aromatic heterocycles. The highest BCUT2D eigenvalue weighted by molar-refractivity contribution is 5.28. The Morgan fingerprint density at radius 2 is 2.00 bits per heavy atom. The Hall–Kier alpha value is -0.930. The Kier molecular flexibility index (Phi) is 3.85. The van der Waals surface area contributed by atoms with Crippen LogP contribution in [0.25, 0.3) is 0 Å². The van der Waals surface area contributed by atoms with Crippen molar-refractivity contribution < 1.29 is 4.39 Å². The maximum atomic E-state index is 13.2. The van der Waals surface area contributed by atoms with Crippen molar-refractivity contribution in [2.75, 3.05) is 6.54 Å². The second-order valence-corrected chi connectivity index (χ2v) is 5.99. The molecule has 3 heteroatoms. The lowest BCUT2D eigenvalue weighted by molar-refractivity contribution is 0.175. The lowest BCUT2D eigenvalue weighted by Gasteiger charge is -2.32. The molecule has 2 unspecified atom stereocenters. The standard InChI is InChI=1S/C16H23FN2/c17-15-6-5-13(14(9-15)10-18)11-19-8-7-12-3-1-2-4-16(12)19/h5-6,9,12,16H,1-4,7-8,10-11,18H2. The molecule has 3 rings (SSSR count). The molecule has 2 N–H and O–H groups in total. The summed E-state index contributed by atoms with van der Waals surface area (Å²) in [5.41, 5.74) is 7.90. The predicted octanol–water partition coefficient (Wildman–Crippen LogP) is 3.05. The molecule has 104 valence electrons. The number of nitrogens with zero attached hydrogens (tertiary/aromatic N) is 1. The van der Waals surface area contributed by atoms with Gasteiger partial charge in [-0.1, -0.05) is 18.9 Å². The topological polar surface area (TPSA) is 29.3 Å². The van der Waals surface area contributed by atoms with E-state index in [4.69, 9.17) is 5.73 Å². The van der Waals surface area contributed by atoms with Crippen LogP contribution in [0.2, 0.25) is 0 Å². The van der Waals surface area contributed by atoms with Gasteiger partial charge in [0.25, 0.3) is 0 Å². The van der Waals surface area contributed by atoms with Gasteiger partial charge in [0.1, 0.15) is 5.82 Å². The van der Waals surface area contributed by atoms with Crippen LogP contribution in [0.4, 0.5) is 4.39 Å². The molecule has 1 aromatic rings. The van der Waals surface area contributed by atoms with Crippen molar-refractivity contribution in [1.29, 1.82) is 0 Å². The molecule has 1 aliphatic heterocycles. The second kappa shape index (κ2) is 5.59. The van der Waals surface area contributed by atoms with Gasteiger partial charge in [-0.3, -0.25) is 4.90 Å². The maximum absolute atomic E-state index is 13.2. The normalized spacial score (nSPS) is 27.5. The van der Waals surface area contributed by atoms with E-state index in [2.05, 4.69) is 4.90 Å². The zero-order valence-corrected chi connectivity index (χ0v) is 11.4. The fourth-order valence-electron chi connectivity index (χ4n) is 3.86. The van der Waals surface area contributed by atoms with Crippen LogP contribution < -0.4 is 5.73 Å². The summed E-state index contributed by atoms with van der Waals surface area (Å²) < 4.78 is 13.2. The molecular formula is C16H23FN2. The van der Waals surface area contributed by atoms with E-state index in [0.29, 0.717) is 6.54 Å². The van der Waals surface area contributed by atoms with Gasteiger partial charge in [-0.25, -0.2) is 4.39 Å². The van der Waals surface area contributed by atoms with Gasteiger partial charge in [0.2, 0.25) is 0 Å². The summed E-state index contributed by atoms with van der Waals surface area (Å²) in [4.78, 5) is 2.59. The SMILES string of the molecule is NCc1cc(F)ccc1CN1CCC2CCCCC21. The lowest BCUT2D eigenvalue weighted by atomic mass is 9.85. The molecule has 2 atom stereocenters. The third-order valence-electron chi connectivity index (χ3n) is 4.89. The molecule has 1 aliphatic carbocycles. The molecule has 1 aromatic carbocycles. The van der Waals surface area contributed by atoms with Gasteiger partial charge in [-0.15, -0.1) is 0 Å². The summed E-state index contributed by atoms with van der Waals surface area (Å²) in [6, 6.07) is 5.81. The summed E-state index contributed by atoms with van der Waals surface area (Å²) in [6.07, 6.45) is 6.84. The van der Waals surface area contributed by atoms with E-state index in [0.717, 1.165) is 24.1 Å². The van der Waals surface area contributed by atoms with E-state index in [1.54, 1.807) is 12.1 Å². The van der Waals surface area contributed by atoms with Crippen LogP contribution in [0, 0.1) is 11.7 Å². The van der Waals surface area contributed by atoms with E-state index in [9.17, 15) is 4.39 Å². The molecule has 2 nitrogen and oxygen atoms in total. The first-order valence-corrected chi connectivity index (χ1v) is 7.49. The highest BCUT2D eigenvalue weighted by Gasteiger charge is 2.35. The largest absolute Gasteiger partial charge is 0.326 e. The van der Waals surface area contributed by atoms with Crippen molar-refractivity contribution in [3.8, 4) is 0 Å². The van der Waals surface area contributed by atoms with E-state index in [-0.39, 0.29) is 5.82 Å². The Labute approximate surface area is 114 Å². The number of hydrogen-bond donors (Lipinski definition) is 1. The van der Waals surface area contributed by atoms with Crippen molar-refractivity contribution in [3.05, 3.63) is 35.1 Å². The fraction of sp³-hybridized carbons (Fsp3) is 0.625. The van der Waals surface area contributed by atoms with E-state index in [1.807, 2.05) is 6.07 Å². The first-order valence-electron chi connectivity index (χ1n) is 7.49. The zero-order valence-electron chi connectivity index (χ0n) is 11.4. The highest BCUT2D eigenvalue weighted by Crippen LogP contribution is 2.37. The number of likely N-dealkylation sites (tertiary alicyclic amines) is 1. The average molecular weight is 262 g/mol. The second-order valence-electron chi connectivity index (χ2n) is 5.99. The monoisotopic (exact) mass is 262 g/mol. The average Bonchev–Trinajstić information content (AvgIpc) is 2.84. The number of halogens is 1. The number of benzene rings is 1. The van der Waals surface area contributed by atoms with Gasteiger partial charge in [0.05, 0.1) is 0 Å². The van der Waals surface area contributed by atoms with E-state index < -0.39 is 0 Å². The van der Waals surface area contributed by atoms with Crippen LogP contribution in [0.3, 0.4) is 0 Å². The van der Waals surface area contributed by atoms with Crippen molar-refractivity contribution >= 4 is 0 Å². The molecule has 1 saturated carbocycles. The fourth-order valence-corrected chi connectivity index (χ4v) is 3.86. The molecule has 0 radical (unpaired) electrons. The quantitative estimate of drug-likeness (QED) is 0.907. The van der Waals surface area contributed by atoms with Gasteiger partial charge >= 0.3 is 0 Å². The predicted molar refractivity (Wildman–Crippen MR) is 75.1 cm³/mol. The van der Waals surface area contributed by atoms with Crippen molar-refractivity contribution in [2.24, 2.45) is 11.7 Å². The first-order chi connectivity index (χ1) is 9.28. The Morgan fingerprint density at radius 1 is 1.16 bits per heavy atom. The summed E-state index contributed by atoms with van der Waals surface area (Å²) in [6.45, 7) is 2.56. The minimum Gasteiger partial charge on any atom is -0.326 e. The smallest absolute Gasteiger partial charge is 0.123 e. The highest BCUT2D eigenvalue weighted by atomic mass is 19.1. The first kappa shape index (κ1) is 13.1. The molecule has 0 bridgehead atoms.